The van der Waals surface area contributed by atoms with Gasteiger partial charge in [0.1, 0.15) is 11.6 Å². The molecule has 1 unspecified atom stereocenters. The monoisotopic (exact) mass is 386 g/mol. The number of amides is 2. The Bertz CT molecular complexity index is 1060. The molecule has 1 heterocycles. The number of aromatic amines is 1. The average Bonchev–Trinajstić information content (AvgIpc) is 3.19. The molecule has 29 heavy (non-hydrogen) atoms. The van der Waals surface area contributed by atoms with Crippen LogP contribution in [0.1, 0.15) is 17.4 Å². The number of H-pyrrole nitrogens is 1. The molecule has 146 valence electrons. The zero-order chi connectivity index (χ0) is 20.1. The van der Waals surface area contributed by atoms with E-state index in [2.05, 4.69) is 20.6 Å². The van der Waals surface area contributed by atoms with Gasteiger partial charge in [0.25, 0.3) is 0 Å². The summed E-state index contributed by atoms with van der Waals surface area (Å²) in [6, 6.07) is 24.4. The van der Waals surface area contributed by atoms with Crippen molar-refractivity contribution in [1.29, 1.82) is 0 Å². The van der Waals surface area contributed by atoms with Gasteiger partial charge < -0.3 is 20.4 Å². The molecule has 0 fully saturated rings. The molecule has 0 aliphatic heterocycles. The van der Waals surface area contributed by atoms with Gasteiger partial charge in [-0.25, -0.2) is 9.78 Å². The van der Waals surface area contributed by atoms with Crippen molar-refractivity contribution in [1.82, 2.24) is 15.3 Å². The van der Waals surface area contributed by atoms with E-state index in [1.807, 2.05) is 78.9 Å². The number of rotatable bonds is 6. The van der Waals surface area contributed by atoms with Crippen LogP contribution in [0.15, 0.2) is 78.9 Å². The first-order valence-electron chi connectivity index (χ1n) is 9.41. The van der Waals surface area contributed by atoms with Gasteiger partial charge in [-0.2, -0.15) is 0 Å². The van der Waals surface area contributed by atoms with Gasteiger partial charge in [0.15, 0.2) is 0 Å². The first-order chi connectivity index (χ1) is 14.2. The van der Waals surface area contributed by atoms with Crippen molar-refractivity contribution in [2.24, 2.45) is 0 Å². The number of anilines is 1. The Balaban J connectivity index is 1.57. The highest BCUT2D eigenvalue weighted by molar-refractivity contribution is 5.89. The minimum absolute atomic E-state index is 0.282. The fraction of sp³-hybridized carbons (Fsp3) is 0.130. The van der Waals surface area contributed by atoms with E-state index in [-0.39, 0.29) is 12.1 Å². The molecule has 2 amide bonds. The van der Waals surface area contributed by atoms with Crippen LogP contribution < -0.4 is 15.4 Å². The molecule has 3 N–H and O–H groups in total. The second-order valence-corrected chi connectivity index (χ2v) is 6.71. The van der Waals surface area contributed by atoms with Crippen molar-refractivity contribution >= 4 is 22.8 Å². The number of nitrogens with one attached hydrogen (secondary N) is 3. The summed E-state index contributed by atoms with van der Waals surface area (Å²) in [5.74, 6) is 1.51. The van der Waals surface area contributed by atoms with Gasteiger partial charge in [0.2, 0.25) is 0 Å². The Morgan fingerprint density at radius 3 is 2.45 bits per heavy atom. The maximum atomic E-state index is 12.6. The summed E-state index contributed by atoms with van der Waals surface area (Å²) in [5, 5.41) is 5.91. The van der Waals surface area contributed by atoms with E-state index >= 15 is 0 Å². The number of aromatic nitrogens is 2. The van der Waals surface area contributed by atoms with Crippen LogP contribution in [0.4, 0.5) is 10.5 Å². The number of carbonyl (C=O) groups is 1. The van der Waals surface area contributed by atoms with Crippen LogP contribution >= 0.6 is 0 Å². The molecule has 1 atom stereocenters. The van der Waals surface area contributed by atoms with Crippen molar-refractivity contribution in [3.05, 3.63) is 90.3 Å². The highest BCUT2D eigenvalue weighted by atomic mass is 16.5. The summed E-state index contributed by atoms with van der Waals surface area (Å²) < 4.78 is 5.23. The molecule has 0 spiro atoms. The first-order valence-corrected chi connectivity index (χ1v) is 9.41. The van der Waals surface area contributed by atoms with E-state index < -0.39 is 0 Å². The SMILES string of the molecule is COc1ccc(CC(NC(=O)Nc2ccccc2)c2nc3ccccc3[nH]2)cc1. The van der Waals surface area contributed by atoms with Crippen LogP contribution in [0.3, 0.4) is 0 Å². The van der Waals surface area contributed by atoms with E-state index in [0.717, 1.165) is 28.0 Å². The Morgan fingerprint density at radius 1 is 1.00 bits per heavy atom. The number of nitrogens with zero attached hydrogens (tertiary/aromatic N) is 1. The number of carbonyl (C=O) groups excluding carboxylic acids is 1. The fourth-order valence-corrected chi connectivity index (χ4v) is 3.20. The lowest BCUT2D eigenvalue weighted by Gasteiger charge is -2.18. The number of imidazole rings is 1. The van der Waals surface area contributed by atoms with E-state index in [9.17, 15) is 4.79 Å². The molecule has 0 radical (unpaired) electrons. The normalized spacial score (nSPS) is 11.8. The lowest BCUT2D eigenvalue weighted by atomic mass is 10.1. The first kappa shape index (κ1) is 18.6. The minimum Gasteiger partial charge on any atom is -0.497 e. The van der Waals surface area contributed by atoms with E-state index in [0.29, 0.717) is 12.2 Å². The van der Waals surface area contributed by atoms with Gasteiger partial charge >= 0.3 is 6.03 Å². The van der Waals surface area contributed by atoms with Gasteiger partial charge in [-0.15, -0.1) is 0 Å². The van der Waals surface area contributed by atoms with Crippen LogP contribution in [0.25, 0.3) is 11.0 Å². The lowest BCUT2D eigenvalue weighted by Crippen LogP contribution is -2.34. The second kappa shape index (κ2) is 8.48. The third kappa shape index (κ3) is 4.55. The maximum Gasteiger partial charge on any atom is 0.319 e. The Hall–Kier alpha value is -3.80. The molecule has 3 aromatic carbocycles. The standard InChI is InChI=1S/C23H22N4O2/c1-29-18-13-11-16(12-14-18)15-21(22-25-19-9-5-6-10-20(19)26-22)27-23(28)24-17-7-3-2-4-8-17/h2-14,21H,15H2,1H3,(H,25,26)(H2,24,27,28). The molecular weight excluding hydrogens is 364 g/mol. The van der Waals surface area contributed by atoms with Crippen molar-refractivity contribution in [2.75, 3.05) is 12.4 Å². The summed E-state index contributed by atoms with van der Waals surface area (Å²) >= 11 is 0. The van der Waals surface area contributed by atoms with Gasteiger partial charge in [0.05, 0.1) is 24.2 Å². The van der Waals surface area contributed by atoms with Crippen molar-refractivity contribution < 1.29 is 9.53 Å². The quantitative estimate of drug-likeness (QED) is 0.450. The molecular formula is C23H22N4O2. The summed E-state index contributed by atoms with van der Waals surface area (Å²) in [7, 11) is 1.64. The number of methoxy groups -OCH3 is 1. The molecule has 0 saturated heterocycles. The summed E-state index contributed by atoms with van der Waals surface area (Å²) in [5.41, 5.74) is 3.61. The molecule has 0 aliphatic carbocycles. The molecule has 6 heteroatoms. The van der Waals surface area contributed by atoms with E-state index in [4.69, 9.17) is 4.74 Å². The summed E-state index contributed by atoms with van der Waals surface area (Å²) in [6.45, 7) is 0. The average molecular weight is 386 g/mol. The van der Waals surface area contributed by atoms with Crippen molar-refractivity contribution in [3.63, 3.8) is 0 Å². The number of hydrogen-bond acceptors (Lipinski definition) is 3. The van der Waals surface area contributed by atoms with Gasteiger partial charge in [-0.05, 0) is 48.4 Å². The molecule has 1 aromatic heterocycles. The van der Waals surface area contributed by atoms with E-state index in [1.54, 1.807) is 7.11 Å². The van der Waals surface area contributed by atoms with Crippen LogP contribution in [0, 0.1) is 0 Å². The largest absolute Gasteiger partial charge is 0.497 e. The highest BCUT2D eigenvalue weighted by Crippen LogP contribution is 2.21. The van der Waals surface area contributed by atoms with Crippen molar-refractivity contribution in [2.45, 2.75) is 12.5 Å². The molecule has 0 aliphatic rings. The number of hydrogen-bond donors (Lipinski definition) is 3. The van der Waals surface area contributed by atoms with Crippen LogP contribution in [0.2, 0.25) is 0 Å². The smallest absolute Gasteiger partial charge is 0.319 e. The number of urea groups is 1. The van der Waals surface area contributed by atoms with Crippen molar-refractivity contribution in [3.8, 4) is 5.75 Å². The molecule has 4 aromatic rings. The fourth-order valence-electron chi connectivity index (χ4n) is 3.20. The summed E-state index contributed by atoms with van der Waals surface area (Å²) in [4.78, 5) is 20.6. The van der Waals surface area contributed by atoms with Crippen LogP contribution in [-0.4, -0.2) is 23.1 Å². The molecule has 6 nitrogen and oxygen atoms in total. The second-order valence-electron chi connectivity index (χ2n) is 6.71. The Kier molecular flexibility index (Phi) is 5.42. The topological polar surface area (TPSA) is 79.0 Å². The predicted octanol–water partition coefficient (Wildman–Crippen LogP) is 4.68. The molecule has 4 rings (SSSR count). The zero-order valence-electron chi connectivity index (χ0n) is 16.1. The minimum atomic E-state index is -0.320. The Morgan fingerprint density at radius 2 is 1.72 bits per heavy atom. The van der Waals surface area contributed by atoms with Gasteiger partial charge in [-0.3, -0.25) is 0 Å². The predicted molar refractivity (Wildman–Crippen MR) is 114 cm³/mol. The molecule has 0 saturated carbocycles. The number of fused-ring (bicyclic) bond motifs is 1. The number of ether oxygens (including phenoxy) is 1. The third-order valence-electron chi connectivity index (χ3n) is 4.67. The van der Waals surface area contributed by atoms with Gasteiger partial charge in [-0.1, -0.05) is 42.5 Å². The summed E-state index contributed by atoms with van der Waals surface area (Å²) in [6.07, 6.45) is 0.589. The maximum absolute atomic E-state index is 12.6. The van der Waals surface area contributed by atoms with Crippen LogP contribution in [0.5, 0.6) is 5.75 Å². The lowest BCUT2D eigenvalue weighted by molar-refractivity contribution is 0.248. The highest BCUT2D eigenvalue weighted by Gasteiger charge is 2.19. The number of benzene rings is 3. The molecule has 0 bridgehead atoms. The zero-order valence-corrected chi connectivity index (χ0v) is 16.1. The number of para-hydroxylation sites is 3. The van der Waals surface area contributed by atoms with Crippen LogP contribution in [-0.2, 0) is 6.42 Å². The third-order valence-corrected chi connectivity index (χ3v) is 4.67. The Labute approximate surface area is 168 Å². The van der Waals surface area contributed by atoms with E-state index in [1.165, 1.54) is 0 Å². The van der Waals surface area contributed by atoms with Gasteiger partial charge in [0, 0.05) is 5.69 Å².